The Morgan fingerprint density at radius 3 is 2.59 bits per heavy atom. The van der Waals surface area contributed by atoms with Gasteiger partial charge < -0.3 is 15.4 Å². The molecule has 0 radical (unpaired) electrons. The standard InChI is InChI=1S/C17H18N2O3/c20-14-3-1-12(2-4-14)10-17(6-7-17)16(22)19-11-13-9-15(21)5-8-18-13/h1-5,8-9,20H,6-7,10-11H2,(H,18,21)(H,19,22). The van der Waals surface area contributed by atoms with Crippen LogP contribution in [0.25, 0.3) is 0 Å². The number of aromatic hydroxyl groups is 1. The minimum Gasteiger partial charge on any atom is -0.508 e. The summed E-state index contributed by atoms with van der Waals surface area (Å²) in [5.41, 5.74) is 1.32. The molecule has 22 heavy (non-hydrogen) atoms. The van der Waals surface area contributed by atoms with Crippen LogP contribution in [0.3, 0.4) is 0 Å². The maximum Gasteiger partial charge on any atom is 0.226 e. The van der Waals surface area contributed by atoms with Crippen LogP contribution in [0.2, 0.25) is 0 Å². The van der Waals surface area contributed by atoms with Crippen molar-refractivity contribution in [2.45, 2.75) is 25.8 Å². The lowest BCUT2D eigenvalue weighted by Gasteiger charge is -2.15. The number of H-pyrrole nitrogens is 1. The fourth-order valence-electron chi connectivity index (χ4n) is 2.60. The van der Waals surface area contributed by atoms with E-state index in [4.69, 9.17) is 0 Å². The van der Waals surface area contributed by atoms with Gasteiger partial charge in [-0.25, -0.2) is 0 Å². The van der Waals surface area contributed by atoms with E-state index in [-0.39, 0.29) is 22.5 Å². The topological polar surface area (TPSA) is 82.2 Å². The van der Waals surface area contributed by atoms with Gasteiger partial charge >= 0.3 is 0 Å². The number of benzene rings is 1. The molecule has 0 atom stereocenters. The van der Waals surface area contributed by atoms with Gasteiger partial charge in [0.05, 0.1) is 12.0 Å². The summed E-state index contributed by atoms with van der Waals surface area (Å²) >= 11 is 0. The Morgan fingerprint density at radius 2 is 1.95 bits per heavy atom. The van der Waals surface area contributed by atoms with Gasteiger partial charge in [0.1, 0.15) is 5.75 Å². The number of hydrogen-bond acceptors (Lipinski definition) is 3. The Hall–Kier alpha value is -2.56. The molecule has 2 aromatic rings. The number of aromatic amines is 1. The average Bonchev–Trinajstić information content (AvgIpc) is 3.28. The monoisotopic (exact) mass is 298 g/mol. The minimum atomic E-state index is -0.341. The Morgan fingerprint density at radius 1 is 1.23 bits per heavy atom. The van der Waals surface area contributed by atoms with Crippen LogP contribution in [-0.2, 0) is 17.8 Å². The third-order valence-corrected chi connectivity index (χ3v) is 4.09. The van der Waals surface area contributed by atoms with Crippen molar-refractivity contribution in [1.82, 2.24) is 10.3 Å². The molecule has 1 aromatic carbocycles. The van der Waals surface area contributed by atoms with Crippen molar-refractivity contribution >= 4 is 5.91 Å². The average molecular weight is 298 g/mol. The fourth-order valence-corrected chi connectivity index (χ4v) is 2.60. The van der Waals surface area contributed by atoms with Crippen molar-refractivity contribution < 1.29 is 9.90 Å². The number of rotatable bonds is 5. The zero-order chi connectivity index (χ0) is 15.6. The highest BCUT2D eigenvalue weighted by molar-refractivity contribution is 5.85. The number of phenolic OH excluding ortho intramolecular Hbond substituents is 1. The number of nitrogens with one attached hydrogen (secondary N) is 2. The lowest BCUT2D eigenvalue weighted by Crippen LogP contribution is -2.33. The number of phenols is 1. The second-order valence-electron chi connectivity index (χ2n) is 5.86. The van der Waals surface area contributed by atoms with Crippen molar-refractivity contribution in [3.05, 3.63) is 64.1 Å². The summed E-state index contributed by atoms with van der Waals surface area (Å²) < 4.78 is 0. The second-order valence-corrected chi connectivity index (χ2v) is 5.86. The van der Waals surface area contributed by atoms with Crippen LogP contribution < -0.4 is 10.7 Å². The van der Waals surface area contributed by atoms with E-state index >= 15 is 0 Å². The summed E-state index contributed by atoms with van der Waals surface area (Å²) in [5.74, 6) is 0.247. The van der Waals surface area contributed by atoms with Gasteiger partial charge in [-0.2, -0.15) is 0 Å². The predicted octanol–water partition coefficient (Wildman–Crippen LogP) is 1.72. The van der Waals surface area contributed by atoms with E-state index in [1.807, 2.05) is 12.1 Å². The van der Waals surface area contributed by atoms with E-state index in [1.54, 1.807) is 18.3 Å². The summed E-state index contributed by atoms with van der Waals surface area (Å²) in [6.07, 6.45) is 3.98. The van der Waals surface area contributed by atoms with Crippen molar-refractivity contribution in [3.8, 4) is 5.75 Å². The predicted molar refractivity (Wildman–Crippen MR) is 82.4 cm³/mol. The molecule has 0 spiro atoms. The molecule has 0 bridgehead atoms. The molecule has 1 aromatic heterocycles. The van der Waals surface area contributed by atoms with E-state index in [0.717, 1.165) is 18.4 Å². The molecule has 1 amide bonds. The van der Waals surface area contributed by atoms with Crippen LogP contribution in [0, 0.1) is 5.41 Å². The van der Waals surface area contributed by atoms with Crippen molar-refractivity contribution in [2.75, 3.05) is 0 Å². The quantitative estimate of drug-likeness (QED) is 0.786. The zero-order valence-electron chi connectivity index (χ0n) is 12.1. The molecule has 1 fully saturated rings. The molecule has 1 heterocycles. The minimum absolute atomic E-state index is 0.0188. The first-order chi connectivity index (χ1) is 10.6. The van der Waals surface area contributed by atoms with Crippen LogP contribution in [0.1, 0.15) is 24.1 Å². The third kappa shape index (κ3) is 3.19. The fraction of sp³-hybridized carbons (Fsp3) is 0.294. The van der Waals surface area contributed by atoms with Gasteiger partial charge in [-0.05, 0) is 37.0 Å². The van der Waals surface area contributed by atoms with Crippen LogP contribution >= 0.6 is 0 Å². The third-order valence-electron chi connectivity index (χ3n) is 4.09. The van der Waals surface area contributed by atoms with Gasteiger partial charge in [-0.3, -0.25) is 9.59 Å². The normalized spacial score (nSPS) is 15.3. The molecule has 0 saturated heterocycles. The molecule has 0 unspecified atom stereocenters. The van der Waals surface area contributed by atoms with Gasteiger partial charge in [-0.1, -0.05) is 12.1 Å². The molecule has 1 aliphatic carbocycles. The molecule has 3 rings (SSSR count). The highest BCUT2D eigenvalue weighted by Crippen LogP contribution is 2.48. The first-order valence-electron chi connectivity index (χ1n) is 7.31. The summed E-state index contributed by atoms with van der Waals surface area (Å²) in [6.45, 7) is 0.326. The Balaban J connectivity index is 1.61. The van der Waals surface area contributed by atoms with Crippen LogP contribution in [0.5, 0.6) is 5.75 Å². The van der Waals surface area contributed by atoms with E-state index in [9.17, 15) is 14.7 Å². The summed E-state index contributed by atoms with van der Waals surface area (Å²) in [5, 5.41) is 12.2. The van der Waals surface area contributed by atoms with Crippen molar-refractivity contribution in [1.29, 1.82) is 0 Å². The smallest absolute Gasteiger partial charge is 0.226 e. The number of hydrogen-bond donors (Lipinski definition) is 3. The van der Waals surface area contributed by atoms with Crippen LogP contribution in [-0.4, -0.2) is 16.0 Å². The van der Waals surface area contributed by atoms with Gasteiger partial charge in [0.2, 0.25) is 5.91 Å². The summed E-state index contributed by atoms with van der Waals surface area (Å²) in [7, 11) is 0. The first kappa shape index (κ1) is 14.4. The first-order valence-corrected chi connectivity index (χ1v) is 7.31. The molecule has 1 aliphatic rings. The maximum absolute atomic E-state index is 12.4. The largest absolute Gasteiger partial charge is 0.508 e. The van der Waals surface area contributed by atoms with Crippen LogP contribution in [0.15, 0.2) is 47.4 Å². The SMILES string of the molecule is O=C(NCc1cc(=O)cc[nH]1)C1(Cc2ccc(O)cc2)CC1. The highest BCUT2D eigenvalue weighted by atomic mass is 16.3. The second kappa shape index (κ2) is 5.67. The number of aromatic nitrogens is 1. The van der Waals surface area contributed by atoms with Gasteiger partial charge in [-0.15, -0.1) is 0 Å². The number of pyridine rings is 1. The number of amides is 1. The molecule has 1 saturated carbocycles. The molecule has 5 heteroatoms. The van der Waals surface area contributed by atoms with Gasteiger partial charge in [0.25, 0.3) is 0 Å². The number of carbonyl (C=O) groups is 1. The van der Waals surface area contributed by atoms with E-state index in [0.29, 0.717) is 18.7 Å². The molecule has 0 aliphatic heterocycles. The van der Waals surface area contributed by atoms with Gasteiger partial charge in [0, 0.05) is 24.0 Å². The molecular weight excluding hydrogens is 280 g/mol. The lowest BCUT2D eigenvalue weighted by molar-refractivity contribution is -0.126. The molecule has 3 N–H and O–H groups in total. The molecular formula is C17H18N2O3. The Kier molecular flexibility index (Phi) is 3.71. The Bertz CT molecular complexity index is 730. The summed E-state index contributed by atoms with van der Waals surface area (Å²) in [4.78, 5) is 26.6. The van der Waals surface area contributed by atoms with Crippen molar-refractivity contribution in [2.24, 2.45) is 5.41 Å². The van der Waals surface area contributed by atoms with E-state index in [1.165, 1.54) is 12.1 Å². The van der Waals surface area contributed by atoms with Crippen molar-refractivity contribution in [3.63, 3.8) is 0 Å². The summed E-state index contributed by atoms with van der Waals surface area (Å²) in [6, 6.07) is 9.89. The zero-order valence-corrected chi connectivity index (χ0v) is 12.1. The van der Waals surface area contributed by atoms with Crippen LogP contribution in [0.4, 0.5) is 0 Å². The highest BCUT2D eigenvalue weighted by Gasteiger charge is 2.49. The maximum atomic E-state index is 12.4. The Labute approximate surface area is 128 Å². The molecule has 114 valence electrons. The van der Waals surface area contributed by atoms with Gasteiger partial charge in [0.15, 0.2) is 5.43 Å². The van der Waals surface area contributed by atoms with E-state index < -0.39 is 0 Å². The number of carbonyl (C=O) groups excluding carboxylic acids is 1. The lowest BCUT2D eigenvalue weighted by atomic mass is 9.95. The molecule has 5 nitrogen and oxygen atoms in total. The van der Waals surface area contributed by atoms with E-state index in [2.05, 4.69) is 10.3 Å².